The summed E-state index contributed by atoms with van der Waals surface area (Å²) in [7, 11) is 0. The van der Waals surface area contributed by atoms with Crippen molar-refractivity contribution in [1.82, 2.24) is 9.80 Å². The molecule has 1 atom stereocenters. The molecule has 2 aliphatic rings. The van der Waals surface area contributed by atoms with Crippen LogP contribution >= 0.6 is 23.2 Å². The number of unbranched alkanes of at least 4 members (excludes halogenated alkanes) is 2. The standard InChI is InChI=1S/C27H26Cl2F3N3O4/c1-3-4-5-8-35-23(36)14-34(15-24(35)37)25(38)21-7-6-17(9-16(21)2)22-13-26(39-33-22,27(30,31)32)18-10-19(28)12-20(29)11-18/h6-7,9-12H,3-5,8,13-15H2,1-2H3. The first-order valence-electron chi connectivity index (χ1n) is 12.4. The highest BCUT2D eigenvalue weighted by atomic mass is 35.5. The van der Waals surface area contributed by atoms with Crippen LogP contribution in [0.5, 0.6) is 0 Å². The number of hydrogen-bond donors (Lipinski definition) is 0. The maximum Gasteiger partial charge on any atom is 0.435 e. The van der Waals surface area contributed by atoms with Gasteiger partial charge >= 0.3 is 6.18 Å². The number of piperazine rings is 1. The molecule has 0 aromatic heterocycles. The largest absolute Gasteiger partial charge is 0.435 e. The average Bonchev–Trinajstić information content (AvgIpc) is 3.32. The van der Waals surface area contributed by atoms with Gasteiger partial charge in [-0.1, -0.05) is 54.2 Å². The predicted octanol–water partition coefficient (Wildman–Crippen LogP) is 5.89. The molecule has 7 nitrogen and oxygen atoms in total. The van der Waals surface area contributed by atoms with Crippen molar-refractivity contribution in [2.24, 2.45) is 5.16 Å². The zero-order chi connectivity index (χ0) is 28.5. The monoisotopic (exact) mass is 583 g/mol. The Morgan fingerprint density at radius 2 is 1.69 bits per heavy atom. The van der Waals surface area contributed by atoms with Gasteiger partial charge in [-0.05, 0) is 54.8 Å². The van der Waals surface area contributed by atoms with Crippen LogP contribution in [0.4, 0.5) is 13.2 Å². The smallest absolute Gasteiger partial charge is 0.374 e. The van der Waals surface area contributed by atoms with Crippen LogP contribution in [0.25, 0.3) is 0 Å². The molecule has 1 saturated heterocycles. The Morgan fingerprint density at radius 3 is 2.26 bits per heavy atom. The quantitative estimate of drug-likeness (QED) is 0.301. The van der Waals surface area contributed by atoms with Crippen molar-refractivity contribution in [1.29, 1.82) is 0 Å². The van der Waals surface area contributed by atoms with E-state index < -0.39 is 35.9 Å². The second-order valence-corrected chi connectivity index (χ2v) is 10.5. The normalized spacial score (nSPS) is 19.8. The molecule has 0 N–H and O–H groups in total. The van der Waals surface area contributed by atoms with Gasteiger partial charge in [-0.15, -0.1) is 0 Å². The second-order valence-electron chi connectivity index (χ2n) is 9.63. The molecule has 2 aromatic carbocycles. The van der Waals surface area contributed by atoms with Crippen molar-refractivity contribution >= 4 is 46.6 Å². The fourth-order valence-corrected chi connectivity index (χ4v) is 5.23. The number of benzene rings is 2. The minimum atomic E-state index is -4.84. The zero-order valence-electron chi connectivity index (χ0n) is 21.3. The molecule has 1 unspecified atom stereocenters. The molecule has 0 spiro atoms. The number of imide groups is 1. The van der Waals surface area contributed by atoms with Crippen LogP contribution in [0.2, 0.25) is 10.0 Å². The van der Waals surface area contributed by atoms with E-state index in [0.29, 0.717) is 24.1 Å². The highest BCUT2D eigenvalue weighted by Gasteiger charge is 2.62. The Bertz CT molecular complexity index is 1310. The fraction of sp³-hybridized carbons (Fsp3) is 0.407. The second kappa shape index (κ2) is 11.2. The topological polar surface area (TPSA) is 79.3 Å². The Labute approximate surface area is 233 Å². The molecule has 0 saturated carbocycles. The van der Waals surface area contributed by atoms with Gasteiger partial charge in [0.1, 0.15) is 13.1 Å². The van der Waals surface area contributed by atoms with Gasteiger partial charge in [-0.2, -0.15) is 13.2 Å². The zero-order valence-corrected chi connectivity index (χ0v) is 22.8. The van der Waals surface area contributed by atoms with Crippen LogP contribution < -0.4 is 0 Å². The Kier molecular flexibility index (Phi) is 8.28. The van der Waals surface area contributed by atoms with E-state index in [2.05, 4.69) is 5.16 Å². The summed E-state index contributed by atoms with van der Waals surface area (Å²) in [4.78, 5) is 45.6. The number of rotatable bonds is 7. The molecule has 0 bridgehead atoms. The number of alkyl halides is 3. The molecular weight excluding hydrogens is 558 g/mol. The number of nitrogens with zero attached hydrogens (tertiary/aromatic N) is 3. The van der Waals surface area contributed by atoms with Crippen LogP contribution in [-0.2, 0) is 20.0 Å². The van der Waals surface area contributed by atoms with Crippen LogP contribution in [0.3, 0.4) is 0 Å². The van der Waals surface area contributed by atoms with Crippen molar-refractivity contribution in [2.75, 3.05) is 19.6 Å². The molecule has 2 aliphatic heterocycles. The summed E-state index contributed by atoms with van der Waals surface area (Å²) in [5.74, 6) is -1.39. The molecular formula is C27H26Cl2F3N3O4. The van der Waals surface area contributed by atoms with E-state index in [0.717, 1.165) is 25.0 Å². The Balaban J connectivity index is 1.52. The maximum absolute atomic E-state index is 14.3. The van der Waals surface area contributed by atoms with E-state index in [-0.39, 0.29) is 40.0 Å². The number of amides is 3. The molecule has 208 valence electrons. The molecule has 12 heteroatoms. The molecule has 2 heterocycles. The Morgan fingerprint density at radius 1 is 1.05 bits per heavy atom. The van der Waals surface area contributed by atoms with Crippen LogP contribution in [-0.4, -0.2) is 59.0 Å². The first kappa shape index (κ1) is 28.9. The van der Waals surface area contributed by atoms with Gasteiger partial charge in [0, 0.05) is 34.1 Å². The maximum atomic E-state index is 14.3. The molecule has 1 fully saturated rings. The number of halogens is 5. The number of carbonyl (C=O) groups excluding carboxylic acids is 3. The van der Waals surface area contributed by atoms with E-state index in [1.807, 2.05) is 6.92 Å². The highest BCUT2D eigenvalue weighted by molar-refractivity contribution is 6.34. The van der Waals surface area contributed by atoms with Crippen LogP contribution in [0.15, 0.2) is 41.6 Å². The van der Waals surface area contributed by atoms with Gasteiger partial charge in [0.05, 0.1) is 5.71 Å². The Hall–Kier alpha value is -3.11. The molecule has 4 rings (SSSR count). The number of aryl methyl sites for hydroxylation is 1. The van der Waals surface area contributed by atoms with Crippen LogP contribution in [0, 0.1) is 6.92 Å². The van der Waals surface area contributed by atoms with Gasteiger partial charge in [0.2, 0.25) is 11.8 Å². The SMILES string of the molecule is CCCCCN1C(=O)CN(C(=O)c2ccc(C3=NOC(c4cc(Cl)cc(Cl)c4)(C(F)(F)F)C3)cc2C)CC1=O. The first-order valence-corrected chi connectivity index (χ1v) is 13.1. The van der Waals surface area contributed by atoms with Crippen molar-refractivity contribution in [3.05, 3.63) is 68.7 Å². The molecule has 39 heavy (non-hydrogen) atoms. The minimum Gasteiger partial charge on any atom is -0.374 e. The lowest BCUT2D eigenvalue weighted by Crippen LogP contribution is -2.55. The van der Waals surface area contributed by atoms with Crippen molar-refractivity contribution < 1.29 is 32.4 Å². The third-order valence-electron chi connectivity index (χ3n) is 6.83. The lowest BCUT2D eigenvalue weighted by Gasteiger charge is -2.33. The summed E-state index contributed by atoms with van der Waals surface area (Å²) in [5.41, 5.74) is -2.04. The minimum absolute atomic E-state index is 0.0237. The van der Waals surface area contributed by atoms with E-state index in [4.69, 9.17) is 28.0 Å². The summed E-state index contributed by atoms with van der Waals surface area (Å²) < 4.78 is 42.9. The molecule has 2 aromatic rings. The van der Waals surface area contributed by atoms with Crippen molar-refractivity contribution in [3.63, 3.8) is 0 Å². The van der Waals surface area contributed by atoms with Crippen molar-refractivity contribution in [3.8, 4) is 0 Å². The van der Waals surface area contributed by atoms with E-state index >= 15 is 0 Å². The van der Waals surface area contributed by atoms with E-state index in [1.54, 1.807) is 6.92 Å². The lowest BCUT2D eigenvalue weighted by molar-refractivity contribution is -0.275. The number of hydrogen-bond acceptors (Lipinski definition) is 5. The summed E-state index contributed by atoms with van der Waals surface area (Å²) in [6.45, 7) is 3.50. The first-order chi connectivity index (χ1) is 18.4. The summed E-state index contributed by atoms with van der Waals surface area (Å²) in [6, 6.07) is 8.03. The van der Waals surface area contributed by atoms with Gasteiger partial charge in [-0.3, -0.25) is 19.3 Å². The fourth-order valence-electron chi connectivity index (χ4n) is 4.70. The summed E-state index contributed by atoms with van der Waals surface area (Å²) >= 11 is 11.9. The summed E-state index contributed by atoms with van der Waals surface area (Å²) in [6.07, 6.45) is -2.94. The van der Waals surface area contributed by atoms with Crippen molar-refractivity contribution in [2.45, 2.75) is 51.3 Å². The third-order valence-corrected chi connectivity index (χ3v) is 7.27. The highest BCUT2D eigenvalue weighted by Crippen LogP contribution is 2.49. The van der Waals surface area contributed by atoms with Gasteiger partial charge < -0.3 is 9.74 Å². The predicted molar refractivity (Wildman–Crippen MR) is 140 cm³/mol. The number of oxime groups is 1. The summed E-state index contributed by atoms with van der Waals surface area (Å²) in [5, 5.41) is 3.79. The number of carbonyl (C=O) groups is 3. The van der Waals surface area contributed by atoms with Gasteiger partial charge in [-0.25, -0.2) is 0 Å². The van der Waals surface area contributed by atoms with E-state index in [9.17, 15) is 27.6 Å². The molecule has 0 aliphatic carbocycles. The van der Waals surface area contributed by atoms with E-state index in [1.165, 1.54) is 34.1 Å². The third kappa shape index (κ3) is 5.77. The van der Waals surface area contributed by atoms with Crippen LogP contribution in [0.1, 0.15) is 59.7 Å². The molecule has 0 radical (unpaired) electrons. The van der Waals surface area contributed by atoms with Gasteiger partial charge in [0.15, 0.2) is 0 Å². The average molecular weight is 584 g/mol. The molecule has 3 amide bonds. The lowest BCUT2D eigenvalue weighted by atomic mass is 9.86. The van der Waals surface area contributed by atoms with Gasteiger partial charge in [0.25, 0.3) is 11.5 Å².